The molecule has 1 amide bonds. The van der Waals surface area contributed by atoms with Gasteiger partial charge in [-0.15, -0.1) is 5.10 Å². The predicted octanol–water partition coefficient (Wildman–Crippen LogP) is 2.78. The standard InChI is InChI=1S/C22H27N5O3S/c1-3-11-30-18-8-6-16(7-9-18)13-23-20(29)17-5-4-10-26(14-17)22-25-27-19(28)12-15(2)24-21(27)31-22/h6-9,12,17H,3-5,10-11,13-14H2,1-2H3,(H,23,29). The van der Waals surface area contributed by atoms with Crippen LogP contribution in [0.4, 0.5) is 5.13 Å². The SMILES string of the molecule is CCCOc1ccc(CNC(=O)C2CCCN(c3nn4c(=O)cc(C)nc4s3)C2)cc1. The second-order valence-electron chi connectivity index (χ2n) is 7.81. The Bertz CT molecular complexity index is 1110. The van der Waals surface area contributed by atoms with E-state index in [2.05, 4.69) is 27.2 Å². The van der Waals surface area contributed by atoms with Crippen LogP contribution in [0, 0.1) is 12.8 Å². The Hall–Kier alpha value is -2.94. The number of carbonyl (C=O) groups is 1. The summed E-state index contributed by atoms with van der Waals surface area (Å²) < 4.78 is 6.93. The van der Waals surface area contributed by atoms with Crippen LogP contribution in [0.3, 0.4) is 0 Å². The zero-order valence-electron chi connectivity index (χ0n) is 17.8. The smallest absolute Gasteiger partial charge is 0.275 e. The molecular weight excluding hydrogens is 414 g/mol. The van der Waals surface area contributed by atoms with Crippen LogP contribution in [0.2, 0.25) is 0 Å². The first kappa shape index (κ1) is 21.3. The second kappa shape index (κ2) is 9.47. The number of rotatable bonds is 7. The van der Waals surface area contributed by atoms with Crippen molar-refractivity contribution in [2.75, 3.05) is 24.6 Å². The van der Waals surface area contributed by atoms with E-state index in [1.54, 1.807) is 6.92 Å². The van der Waals surface area contributed by atoms with Gasteiger partial charge in [0.05, 0.1) is 12.5 Å². The molecule has 1 aliphatic heterocycles. The summed E-state index contributed by atoms with van der Waals surface area (Å²) in [6.07, 6.45) is 2.72. The fourth-order valence-electron chi connectivity index (χ4n) is 3.66. The Morgan fingerprint density at radius 2 is 2.13 bits per heavy atom. The largest absolute Gasteiger partial charge is 0.494 e. The van der Waals surface area contributed by atoms with E-state index in [4.69, 9.17) is 4.74 Å². The summed E-state index contributed by atoms with van der Waals surface area (Å²) in [7, 11) is 0. The van der Waals surface area contributed by atoms with Crippen LogP contribution in [0.25, 0.3) is 4.96 Å². The lowest BCUT2D eigenvalue weighted by Gasteiger charge is -2.31. The predicted molar refractivity (Wildman–Crippen MR) is 121 cm³/mol. The number of piperidine rings is 1. The molecule has 2 aromatic heterocycles. The van der Waals surface area contributed by atoms with Crippen molar-refractivity contribution in [3.8, 4) is 5.75 Å². The van der Waals surface area contributed by atoms with Crippen LogP contribution in [-0.4, -0.2) is 40.2 Å². The van der Waals surface area contributed by atoms with Crippen LogP contribution < -0.4 is 20.5 Å². The number of ether oxygens (including phenoxy) is 1. The van der Waals surface area contributed by atoms with E-state index in [1.807, 2.05) is 24.3 Å². The van der Waals surface area contributed by atoms with Gasteiger partial charge in [-0.25, -0.2) is 4.98 Å². The zero-order chi connectivity index (χ0) is 21.8. The van der Waals surface area contributed by atoms with E-state index in [0.717, 1.165) is 42.3 Å². The van der Waals surface area contributed by atoms with Gasteiger partial charge in [0.15, 0.2) is 0 Å². The molecule has 3 heterocycles. The molecule has 164 valence electrons. The van der Waals surface area contributed by atoms with Gasteiger partial charge in [0, 0.05) is 31.4 Å². The summed E-state index contributed by atoms with van der Waals surface area (Å²) >= 11 is 1.39. The van der Waals surface area contributed by atoms with E-state index in [9.17, 15) is 9.59 Å². The molecule has 1 saturated heterocycles. The highest BCUT2D eigenvalue weighted by Gasteiger charge is 2.27. The van der Waals surface area contributed by atoms with Crippen molar-refractivity contribution in [2.45, 2.75) is 39.7 Å². The Kier molecular flexibility index (Phi) is 6.50. The maximum atomic E-state index is 12.8. The molecule has 9 heteroatoms. The molecule has 1 aromatic carbocycles. The molecule has 0 bridgehead atoms. The Labute approximate surface area is 184 Å². The average Bonchev–Trinajstić information content (AvgIpc) is 3.21. The molecule has 0 saturated carbocycles. The quantitative estimate of drug-likeness (QED) is 0.607. The maximum absolute atomic E-state index is 12.8. The molecule has 31 heavy (non-hydrogen) atoms. The Morgan fingerprint density at radius 1 is 1.32 bits per heavy atom. The van der Waals surface area contributed by atoms with Gasteiger partial charge in [-0.05, 0) is 43.9 Å². The highest BCUT2D eigenvalue weighted by atomic mass is 32.1. The number of benzene rings is 1. The summed E-state index contributed by atoms with van der Waals surface area (Å²) in [5.74, 6) is 0.780. The summed E-state index contributed by atoms with van der Waals surface area (Å²) in [6.45, 7) is 6.47. The first-order chi connectivity index (χ1) is 15.0. The third kappa shape index (κ3) is 5.04. The van der Waals surface area contributed by atoms with Crippen molar-refractivity contribution < 1.29 is 9.53 Å². The van der Waals surface area contributed by atoms with Gasteiger partial charge in [0.25, 0.3) is 5.56 Å². The van der Waals surface area contributed by atoms with Gasteiger partial charge in [-0.1, -0.05) is 30.4 Å². The Balaban J connectivity index is 1.36. The summed E-state index contributed by atoms with van der Waals surface area (Å²) in [5, 5.41) is 8.22. The van der Waals surface area contributed by atoms with E-state index in [-0.39, 0.29) is 17.4 Å². The molecule has 0 spiro atoms. The highest BCUT2D eigenvalue weighted by Crippen LogP contribution is 2.27. The molecule has 1 unspecified atom stereocenters. The molecule has 1 N–H and O–H groups in total. The number of amides is 1. The van der Waals surface area contributed by atoms with E-state index in [1.165, 1.54) is 21.9 Å². The van der Waals surface area contributed by atoms with Crippen molar-refractivity contribution in [1.82, 2.24) is 19.9 Å². The third-order valence-electron chi connectivity index (χ3n) is 5.29. The summed E-state index contributed by atoms with van der Waals surface area (Å²) in [5.41, 5.74) is 1.54. The Morgan fingerprint density at radius 3 is 2.90 bits per heavy atom. The maximum Gasteiger partial charge on any atom is 0.275 e. The fourth-order valence-corrected chi connectivity index (χ4v) is 4.65. The normalized spacial score (nSPS) is 16.5. The van der Waals surface area contributed by atoms with Gasteiger partial charge in [0.2, 0.25) is 16.0 Å². The third-order valence-corrected chi connectivity index (χ3v) is 6.26. The van der Waals surface area contributed by atoms with Gasteiger partial charge in [0.1, 0.15) is 5.75 Å². The molecule has 4 rings (SSSR count). The van der Waals surface area contributed by atoms with Crippen LogP contribution >= 0.6 is 11.3 Å². The molecule has 8 nitrogen and oxygen atoms in total. The summed E-state index contributed by atoms with van der Waals surface area (Å²) in [4.78, 5) is 32.0. The highest BCUT2D eigenvalue weighted by molar-refractivity contribution is 7.20. The average molecular weight is 442 g/mol. The monoisotopic (exact) mass is 441 g/mol. The fraction of sp³-hybridized carbons (Fsp3) is 0.455. The molecule has 1 aliphatic rings. The van der Waals surface area contributed by atoms with Crippen LogP contribution in [0.1, 0.15) is 37.4 Å². The minimum atomic E-state index is -0.178. The lowest BCUT2D eigenvalue weighted by Crippen LogP contribution is -2.43. The molecule has 1 fully saturated rings. The number of carbonyl (C=O) groups excluding carboxylic acids is 1. The topological polar surface area (TPSA) is 88.8 Å². The number of nitrogens with one attached hydrogen (secondary N) is 1. The lowest BCUT2D eigenvalue weighted by molar-refractivity contribution is -0.125. The van der Waals surface area contributed by atoms with Gasteiger partial charge in [-0.2, -0.15) is 4.52 Å². The minimum absolute atomic E-state index is 0.0447. The lowest BCUT2D eigenvalue weighted by atomic mass is 9.97. The van der Waals surface area contributed by atoms with Gasteiger partial charge >= 0.3 is 0 Å². The molecule has 0 radical (unpaired) electrons. The van der Waals surface area contributed by atoms with Crippen molar-refractivity contribution in [1.29, 1.82) is 0 Å². The molecule has 0 aliphatic carbocycles. The number of hydrogen-bond donors (Lipinski definition) is 1. The van der Waals surface area contributed by atoms with E-state index < -0.39 is 0 Å². The molecule has 3 aromatic rings. The van der Waals surface area contributed by atoms with Gasteiger partial charge in [-0.3, -0.25) is 9.59 Å². The van der Waals surface area contributed by atoms with Crippen LogP contribution in [0.5, 0.6) is 5.75 Å². The summed E-state index contributed by atoms with van der Waals surface area (Å²) in [6, 6.07) is 9.30. The van der Waals surface area contributed by atoms with Gasteiger partial charge < -0.3 is 15.0 Å². The van der Waals surface area contributed by atoms with Crippen molar-refractivity contribution >= 4 is 27.3 Å². The van der Waals surface area contributed by atoms with Crippen LogP contribution in [-0.2, 0) is 11.3 Å². The number of aryl methyl sites for hydroxylation is 1. The minimum Gasteiger partial charge on any atom is -0.494 e. The first-order valence-corrected chi connectivity index (χ1v) is 11.5. The number of aromatic nitrogens is 3. The van der Waals surface area contributed by atoms with Crippen LogP contribution in [0.15, 0.2) is 35.1 Å². The first-order valence-electron chi connectivity index (χ1n) is 10.7. The number of anilines is 1. The van der Waals surface area contributed by atoms with E-state index in [0.29, 0.717) is 30.4 Å². The second-order valence-corrected chi connectivity index (χ2v) is 8.74. The number of nitrogens with zero attached hydrogens (tertiary/aromatic N) is 4. The number of fused-ring (bicyclic) bond motifs is 1. The molecule has 1 atom stereocenters. The van der Waals surface area contributed by atoms with Crippen molar-refractivity contribution in [3.05, 3.63) is 51.9 Å². The zero-order valence-corrected chi connectivity index (χ0v) is 18.7. The van der Waals surface area contributed by atoms with E-state index >= 15 is 0 Å². The van der Waals surface area contributed by atoms with Crippen molar-refractivity contribution in [2.24, 2.45) is 5.92 Å². The number of hydrogen-bond acceptors (Lipinski definition) is 7. The molecular formula is C22H27N5O3S. The van der Waals surface area contributed by atoms with Crippen molar-refractivity contribution in [3.63, 3.8) is 0 Å².